The van der Waals surface area contributed by atoms with Crippen LogP contribution in [0.1, 0.15) is 11.4 Å². The molecule has 8 heteroatoms. The summed E-state index contributed by atoms with van der Waals surface area (Å²) in [6, 6.07) is 4.82. The maximum absolute atomic E-state index is 12.1. The zero-order chi connectivity index (χ0) is 13.3. The molecule has 0 fully saturated rings. The Morgan fingerprint density at radius 1 is 1.39 bits per heavy atom. The summed E-state index contributed by atoms with van der Waals surface area (Å²) >= 11 is 0. The summed E-state index contributed by atoms with van der Waals surface area (Å²) in [6.45, 7) is 1.84. The molecule has 0 spiro atoms. The third kappa shape index (κ3) is 2.48. The Balaban J connectivity index is 2.36. The topological polar surface area (TPSA) is 104 Å². The van der Waals surface area contributed by atoms with Crippen LogP contribution in [0.5, 0.6) is 0 Å². The molecule has 0 aliphatic carbocycles. The van der Waals surface area contributed by atoms with E-state index in [-0.39, 0.29) is 22.2 Å². The Bertz CT molecular complexity index is 677. The molecular formula is C10H13N5O2S. The first-order valence-electron chi connectivity index (χ1n) is 5.20. The first-order chi connectivity index (χ1) is 8.38. The van der Waals surface area contributed by atoms with Gasteiger partial charge in [-0.25, -0.2) is 8.42 Å². The van der Waals surface area contributed by atoms with Crippen molar-refractivity contribution in [3.63, 3.8) is 0 Å². The van der Waals surface area contributed by atoms with Gasteiger partial charge in [-0.2, -0.15) is 4.80 Å². The Kier molecular flexibility index (Phi) is 3.04. The van der Waals surface area contributed by atoms with Crippen LogP contribution in [0.2, 0.25) is 0 Å². The second-order valence-corrected chi connectivity index (χ2v) is 5.95. The van der Waals surface area contributed by atoms with Crippen molar-refractivity contribution in [1.29, 1.82) is 0 Å². The van der Waals surface area contributed by atoms with Crippen LogP contribution >= 0.6 is 0 Å². The second kappa shape index (κ2) is 4.37. The number of sulfone groups is 1. The third-order valence-electron chi connectivity index (χ3n) is 2.37. The molecule has 0 atom stereocenters. The normalized spacial score (nSPS) is 11.7. The predicted molar refractivity (Wildman–Crippen MR) is 65.3 cm³/mol. The average Bonchev–Trinajstić information content (AvgIpc) is 2.62. The van der Waals surface area contributed by atoms with E-state index in [9.17, 15) is 8.42 Å². The summed E-state index contributed by atoms with van der Waals surface area (Å²) in [5.74, 6) is -0.161. The van der Waals surface area contributed by atoms with Crippen molar-refractivity contribution in [2.24, 2.45) is 7.05 Å². The molecule has 0 bridgehead atoms. The summed E-state index contributed by atoms with van der Waals surface area (Å²) in [4.78, 5) is 1.31. The van der Waals surface area contributed by atoms with Crippen LogP contribution in [0.4, 0.5) is 5.69 Å². The van der Waals surface area contributed by atoms with Gasteiger partial charge in [-0.3, -0.25) is 0 Å². The number of aromatic nitrogens is 4. The van der Waals surface area contributed by atoms with Crippen molar-refractivity contribution < 1.29 is 8.42 Å². The van der Waals surface area contributed by atoms with Gasteiger partial charge in [0.25, 0.3) is 0 Å². The molecule has 0 amide bonds. The summed E-state index contributed by atoms with van der Waals surface area (Å²) in [6.07, 6.45) is 0. The lowest BCUT2D eigenvalue weighted by Gasteiger charge is -2.06. The number of aryl methyl sites for hydroxylation is 2. The molecule has 0 radical (unpaired) electrons. The fraction of sp³-hybridized carbons (Fsp3) is 0.300. The standard InChI is InChI=1S/C10H13N5O2S/c1-7-3-4-9(8(11)5-7)18(16,17)6-10-12-14-15(2)13-10/h3-5H,6,11H2,1-2H3. The first-order valence-corrected chi connectivity index (χ1v) is 6.85. The highest BCUT2D eigenvalue weighted by Gasteiger charge is 2.20. The fourth-order valence-electron chi connectivity index (χ4n) is 1.58. The predicted octanol–water partition coefficient (Wildman–Crippen LogP) is 0.0746. The van der Waals surface area contributed by atoms with Crippen LogP contribution < -0.4 is 5.73 Å². The van der Waals surface area contributed by atoms with Gasteiger partial charge >= 0.3 is 0 Å². The van der Waals surface area contributed by atoms with E-state index in [1.807, 2.05) is 6.92 Å². The molecule has 0 aliphatic heterocycles. The molecule has 2 aromatic rings. The maximum Gasteiger partial charge on any atom is 0.190 e. The van der Waals surface area contributed by atoms with E-state index in [1.54, 1.807) is 19.2 Å². The molecule has 1 aromatic heterocycles. The van der Waals surface area contributed by atoms with Gasteiger partial charge in [0, 0.05) is 0 Å². The van der Waals surface area contributed by atoms with Gasteiger partial charge in [0.15, 0.2) is 15.7 Å². The van der Waals surface area contributed by atoms with E-state index < -0.39 is 9.84 Å². The van der Waals surface area contributed by atoms with Crippen LogP contribution in [0.3, 0.4) is 0 Å². The number of anilines is 1. The highest BCUT2D eigenvalue weighted by atomic mass is 32.2. The molecule has 18 heavy (non-hydrogen) atoms. The van der Waals surface area contributed by atoms with Gasteiger partial charge < -0.3 is 5.73 Å². The summed E-state index contributed by atoms with van der Waals surface area (Å²) in [5, 5.41) is 11.1. The van der Waals surface area contributed by atoms with Gasteiger partial charge in [-0.15, -0.1) is 10.2 Å². The van der Waals surface area contributed by atoms with Crippen molar-refractivity contribution in [1.82, 2.24) is 20.2 Å². The SMILES string of the molecule is Cc1ccc(S(=O)(=O)Cc2nnn(C)n2)c(N)c1. The number of rotatable bonds is 3. The van der Waals surface area contributed by atoms with Gasteiger partial charge in [-0.1, -0.05) is 6.07 Å². The Labute approximate surface area is 105 Å². The van der Waals surface area contributed by atoms with E-state index in [2.05, 4.69) is 15.4 Å². The van der Waals surface area contributed by atoms with Crippen LogP contribution in [-0.4, -0.2) is 28.6 Å². The molecule has 2 rings (SSSR count). The van der Waals surface area contributed by atoms with E-state index >= 15 is 0 Å². The second-order valence-electron chi connectivity index (χ2n) is 4.00. The number of nitrogens with two attached hydrogens (primary N) is 1. The molecule has 1 aromatic carbocycles. The molecule has 0 unspecified atom stereocenters. The summed E-state index contributed by atoms with van der Waals surface area (Å²) < 4.78 is 24.3. The highest BCUT2D eigenvalue weighted by molar-refractivity contribution is 7.90. The van der Waals surface area contributed by atoms with Crippen molar-refractivity contribution in [2.45, 2.75) is 17.6 Å². The molecule has 1 heterocycles. The van der Waals surface area contributed by atoms with E-state index in [1.165, 1.54) is 10.9 Å². The fourth-order valence-corrected chi connectivity index (χ4v) is 2.88. The largest absolute Gasteiger partial charge is 0.398 e. The molecule has 0 aliphatic rings. The Morgan fingerprint density at radius 2 is 2.11 bits per heavy atom. The van der Waals surface area contributed by atoms with Crippen LogP contribution in [0.15, 0.2) is 23.1 Å². The lowest BCUT2D eigenvalue weighted by atomic mass is 10.2. The van der Waals surface area contributed by atoms with E-state index in [0.717, 1.165) is 5.56 Å². The number of benzene rings is 1. The number of nitrogen functional groups attached to an aromatic ring is 1. The molecule has 7 nitrogen and oxygen atoms in total. The smallest absolute Gasteiger partial charge is 0.190 e. The van der Waals surface area contributed by atoms with Gasteiger partial charge in [0.1, 0.15) is 5.75 Å². The molecule has 96 valence electrons. The Hall–Kier alpha value is -1.96. The number of hydrogen-bond donors (Lipinski definition) is 1. The first kappa shape index (κ1) is 12.5. The Morgan fingerprint density at radius 3 is 2.67 bits per heavy atom. The summed E-state index contributed by atoms with van der Waals surface area (Å²) in [5.41, 5.74) is 6.87. The van der Waals surface area contributed by atoms with E-state index in [4.69, 9.17) is 5.73 Å². The van der Waals surface area contributed by atoms with Crippen molar-refractivity contribution in [3.8, 4) is 0 Å². The number of nitrogens with zero attached hydrogens (tertiary/aromatic N) is 4. The summed E-state index contributed by atoms with van der Waals surface area (Å²) in [7, 11) is -1.98. The average molecular weight is 267 g/mol. The van der Waals surface area contributed by atoms with Crippen LogP contribution in [0, 0.1) is 6.92 Å². The minimum atomic E-state index is -3.55. The highest BCUT2D eigenvalue weighted by Crippen LogP contribution is 2.22. The molecule has 0 saturated heterocycles. The molecule has 2 N–H and O–H groups in total. The van der Waals surface area contributed by atoms with Crippen molar-refractivity contribution in [3.05, 3.63) is 29.6 Å². The monoisotopic (exact) mass is 267 g/mol. The van der Waals surface area contributed by atoms with Crippen LogP contribution in [-0.2, 0) is 22.6 Å². The van der Waals surface area contributed by atoms with E-state index in [0.29, 0.717) is 0 Å². The lowest BCUT2D eigenvalue weighted by molar-refractivity contribution is 0.593. The molecular weight excluding hydrogens is 254 g/mol. The van der Waals surface area contributed by atoms with Crippen molar-refractivity contribution in [2.75, 3.05) is 5.73 Å². The van der Waals surface area contributed by atoms with Gasteiger partial charge in [-0.05, 0) is 29.8 Å². The third-order valence-corrected chi connectivity index (χ3v) is 4.05. The molecule has 0 saturated carbocycles. The maximum atomic E-state index is 12.1. The van der Waals surface area contributed by atoms with Crippen molar-refractivity contribution >= 4 is 15.5 Å². The minimum Gasteiger partial charge on any atom is -0.398 e. The quantitative estimate of drug-likeness (QED) is 0.789. The lowest BCUT2D eigenvalue weighted by Crippen LogP contribution is -2.09. The van der Waals surface area contributed by atoms with Crippen LogP contribution in [0.25, 0.3) is 0 Å². The van der Waals surface area contributed by atoms with Gasteiger partial charge in [0.05, 0.1) is 17.6 Å². The number of hydrogen-bond acceptors (Lipinski definition) is 6. The zero-order valence-electron chi connectivity index (χ0n) is 10.0. The van der Waals surface area contributed by atoms with Gasteiger partial charge in [0.2, 0.25) is 0 Å². The zero-order valence-corrected chi connectivity index (χ0v) is 10.8. The minimum absolute atomic E-state index is 0.0977. The number of tetrazole rings is 1.